The molecule has 1 aromatic carbocycles. The summed E-state index contributed by atoms with van der Waals surface area (Å²) in [5.74, 6) is -1.09. The Morgan fingerprint density at radius 3 is 2.55 bits per heavy atom. The quantitative estimate of drug-likeness (QED) is 0.579. The van der Waals surface area contributed by atoms with E-state index < -0.39 is 23.4 Å². The van der Waals surface area contributed by atoms with Gasteiger partial charge in [-0.05, 0) is 19.4 Å². The molecule has 31 heavy (non-hydrogen) atoms. The molecular weight excluding hydrogens is 402 g/mol. The van der Waals surface area contributed by atoms with Crippen molar-refractivity contribution in [2.75, 3.05) is 32.7 Å². The van der Waals surface area contributed by atoms with Crippen LogP contribution in [-0.2, 0) is 9.59 Å². The number of carbonyl (C=O) groups excluding carboxylic acids is 4. The molecule has 1 unspecified atom stereocenters. The van der Waals surface area contributed by atoms with Crippen molar-refractivity contribution in [3.8, 4) is 0 Å². The van der Waals surface area contributed by atoms with Crippen LogP contribution in [0.25, 0.3) is 10.9 Å². The number of urea groups is 1. The van der Waals surface area contributed by atoms with Crippen LogP contribution in [-0.4, -0.2) is 87.0 Å². The number of rotatable bonds is 5. The fraction of sp³-hybridized carbons (Fsp3) is 0.450. The van der Waals surface area contributed by atoms with Crippen LogP contribution in [0.4, 0.5) is 4.79 Å². The molecule has 2 aromatic rings. The maximum absolute atomic E-state index is 12.9. The average molecular weight is 427 g/mol. The summed E-state index contributed by atoms with van der Waals surface area (Å²) < 4.78 is 0. The molecule has 0 radical (unpaired) electrons. The topological polar surface area (TPSA) is 131 Å². The highest BCUT2D eigenvalue weighted by molar-refractivity contribution is 6.07. The Bertz CT molecular complexity index is 1040. The van der Waals surface area contributed by atoms with E-state index in [1.807, 2.05) is 29.2 Å². The molecule has 3 N–H and O–H groups in total. The Morgan fingerprint density at radius 1 is 1.16 bits per heavy atom. The highest BCUT2D eigenvalue weighted by Gasteiger charge is 2.47. The van der Waals surface area contributed by atoms with Crippen LogP contribution in [0.1, 0.15) is 30.8 Å². The number of H-pyrrole nitrogens is 1. The van der Waals surface area contributed by atoms with Gasteiger partial charge in [-0.1, -0.05) is 25.1 Å². The van der Waals surface area contributed by atoms with Crippen molar-refractivity contribution in [3.05, 3.63) is 30.0 Å². The minimum Gasteiger partial charge on any atom is -0.335 e. The van der Waals surface area contributed by atoms with E-state index in [-0.39, 0.29) is 12.5 Å². The van der Waals surface area contributed by atoms with Crippen molar-refractivity contribution >= 4 is 34.7 Å². The largest absolute Gasteiger partial charge is 0.344 e. The van der Waals surface area contributed by atoms with E-state index in [0.29, 0.717) is 38.3 Å². The first kappa shape index (κ1) is 20.8. The normalized spacial score (nSPS) is 22.1. The number of carbonyl (C=O) groups is 4. The highest BCUT2D eigenvalue weighted by Crippen LogP contribution is 2.20. The summed E-state index contributed by atoms with van der Waals surface area (Å²) in [6.45, 7) is 5.32. The van der Waals surface area contributed by atoms with Gasteiger partial charge in [0.05, 0.1) is 12.1 Å². The fourth-order valence-corrected chi connectivity index (χ4v) is 3.77. The Balaban J connectivity index is 1.30. The SMILES string of the molecule is CCC1(C)NC(=O)N(NC(=O)CN2CCN(C(=O)c3n[nH]c4ccccc34)CC2)C1=O. The number of para-hydroxylation sites is 1. The first-order valence-electron chi connectivity index (χ1n) is 10.2. The van der Waals surface area contributed by atoms with E-state index in [1.54, 1.807) is 18.7 Å². The number of aromatic nitrogens is 2. The van der Waals surface area contributed by atoms with Crippen LogP contribution in [0.3, 0.4) is 0 Å². The molecule has 11 heteroatoms. The number of imide groups is 1. The molecule has 0 saturated carbocycles. The van der Waals surface area contributed by atoms with Gasteiger partial charge in [-0.15, -0.1) is 0 Å². The number of nitrogens with one attached hydrogen (secondary N) is 3. The number of nitrogens with zero attached hydrogens (tertiary/aromatic N) is 4. The lowest BCUT2D eigenvalue weighted by Crippen LogP contribution is -2.54. The van der Waals surface area contributed by atoms with E-state index in [1.165, 1.54) is 0 Å². The zero-order valence-electron chi connectivity index (χ0n) is 17.5. The van der Waals surface area contributed by atoms with Gasteiger partial charge in [-0.25, -0.2) is 4.79 Å². The van der Waals surface area contributed by atoms with Gasteiger partial charge in [0.25, 0.3) is 17.7 Å². The van der Waals surface area contributed by atoms with Crippen LogP contribution in [0.2, 0.25) is 0 Å². The van der Waals surface area contributed by atoms with Crippen LogP contribution < -0.4 is 10.7 Å². The predicted molar refractivity (Wildman–Crippen MR) is 111 cm³/mol. The van der Waals surface area contributed by atoms with Crippen LogP contribution in [0.5, 0.6) is 0 Å². The molecule has 0 bridgehead atoms. The summed E-state index contributed by atoms with van der Waals surface area (Å²) in [6.07, 6.45) is 0.422. The molecule has 2 aliphatic heterocycles. The van der Waals surface area contributed by atoms with E-state index in [4.69, 9.17) is 0 Å². The summed E-state index contributed by atoms with van der Waals surface area (Å²) >= 11 is 0. The lowest BCUT2D eigenvalue weighted by atomic mass is 10.00. The van der Waals surface area contributed by atoms with Crippen molar-refractivity contribution in [3.63, 3.8) is 0 Å². The van der Waals surface area contributed by atoms with Gasteiger partial charge in [0.15, 0.2) is 5.69 Å². The zero-order valence-corrected chi connectivity index (χ0v) is 17.5. The number of aromatic amines is 1. The minimum absolute atomic E-state index is 0.0211. The van der Waals surface area contributed by atoms with Crippen molar-refractivity contribution in [1.82, 2.24) is 35.7 Å². The van der Waals surface area contributed by atoms with Gasteiger partial charge in [0, 0.05) is 31.6 Å². The molecule has 11 nitrogen and oxygen atoms in total. The standard InChI is InChI=1S/C20H25N7O4/c1-3-20(2)18(30)27(19(31)21-20)24-15(28)12-25-8-10-26(11-9-25)17(29)16-13-6-4-5-7-14(13)22-23-16/h4-7H,3,8-12H2,1-2H3,(H,21,31)(H,22,23)(H,24,28). The van der Waals surface area contributed by atoms with Crippen LogP contribution in [0, 0.1) is 0 Å². The van der Waals surface area contributed by atoms with Gasteiger partial charge >= 0.3 is 6.03 Å². The average Bonchev–Trinajstić information content (AvgIpc) is 3.29. The summed E-state index contributed by atoms with van der Waals surface area (Å²) in [5, 5.41) is 11.1. The van der Waals surface area contributed by atoms with Gasteiger partial charge in [-0.3, -0.25) is 29.8 Å². The molecule has 164 valence electrons. The third-order valence-corrected chi connectivity index (χ3v) is 5.90. The monoisotopic (exact) mass is 427 g/mol. The highest BCUT2D eigenvalue weighted by atomic mass is 16.2. The van der Waals surface area contributed by atoms with E-state index in [2.05, 4.69) is 20.9 Å². The third-order valence-electron chi connectivity index (χ3n) is 5.90. The first-order chi connectivity index (χ1) is 14.8. The summed E-state index contributed by atoms with van der Waals surface area (Å²) in [5.41, 5.74) is 2.58. The molecule has 1 atom stereocenters. The second-order valence-corrected chi connectivity index (χ2v) is 7.98. The lowest BCUT2D eigenvalue weighted by molar-refractivity contribution is -0.139. The molecule has 2 fully saturated rings. The van der Waals surface area contributed by atoms with E-state index in [9.17, 15) is 19.2 Å². The molecule has 2 saturated heterocycles. The van der Waals surface area contributed by atoms with Crippen LogP contribution >= 0.6 is 0 Å². The van der Waals surface area contributed by atoms with Crippen LogP contribution in [0.15, 0.2) is 24.3 Å². The maximum atomic E-state index is 12.9. The minimum atomic E-state index is -1.01. The molecule has 0 aliphatic carbocycles. The number of hydrogen-bond acceptors (Lipinski definition) is 6. The fourth-order valence-electron chi connectivity index (χ4n) is 3.77. The number of hydrogen-bond donors (Lipinski definition) is 3. The van der Waals surface area contributed by atoms with Gasteiger partial charge in [0.1, 0.15) is 5.54 Å². The van der Waals surface area contributed by atoms with Crippen molar-refractivity contribution < 1.29 is 19.2 Å². The van der Waals surface area contributed by atoms with E-state index in [0.717, 1.165) is 15.9 Å². The third kappa shape index (κ3) is 3.83. The number of hydrazine groups is 1. The summed E-state index contributed by atoms with van der Waals surface area (Å²) in [6, 6.07) is 6.82. The second kappa shape index (κ2) is 7.99. The Hall–Kier alpha value is -3.47. The Labute approximate surface area is 178 Å². The number of benzene rings is 1. The van der Waals surface area contributed by atoms with Gasteiger partial charge in [-0.2, -0.15) is 10.1 Å². The molecule has 4 rings (SSSR count). The molecule has 0 spiro atoms. The molecule has 2 aliphatic rings. The van der Waals surface area contributed by atoms with Crippen molar-refractivity contribution in [2.24, 2.45) is 0 Å². The Morgan fingerprint density at radius 2 is 1.87 bits per heavy atom. The number of piperazine rings is 1. The van der Waals surface area contributed by atoms with Gasteiger partial charge < -0.3 is 10.2 Å². The summed E-state index contributed by atoms with van der Waals surface area (Å²) in [4.78, 5) is 53.2. The second-order valence-electron chi connectivity index (χ2n) is 7.98. The molecule has 5 amide bonds. The number of amides is 5. The van der Waals surface area contributed by atoms with Crippen molar-refractivity contribution in [2.45, 2.75) is 25.8 Å². The smallest absolute Gasteiger partial charge is 0.335 e. The van der Waals surface area contributed by atoms with E-state index >= 15 is 0 Å². The van der Waals surface area contributed by atoms with Gasteiger partial charge in [0.2, 0.25) is 0 Å². The first-order valence-corrected chi connectivity index (χ1v) is 10.2. The summed E-state index contributed by atoms with van der Waals surface area (Å²) in [7, 11) is 0. The molecule has 1 aromatic heterocycles. The van der Waals surface area contributed by atoms with Crippen molar-refractivity contribution in [1.29, 1.82) is 0 Å². The molecule has 3 heterocycles. The number of fused-ring (bicyclic) bond motifs is 1. The predicted octanol–water partition coefficient (Wildman–Crippen LogP) is 0.0724. The lowest BCUT2D eigenvalue weighted by Gasteiger charge is -2.34. The molecular formula is C20H25N7O4. The Kier molecular flexibility index (Phi) is 5.36. The zero-order chi connectivity index (χ0) is 22.2. The maximum Gasteiger partial charge on any atom is 0.344 e.